The van der Waals surface area contributed by atoms with Crippen molar-refractivity contribution in [2.45, 2.75) is 6.92 Å². The van der Waals surface area contributed by atoms with E-state index in [0.29, 0.717) is 11.8 Å². The molecular weight excluding hydrogens is 290 g/mol. The van der Waals surface area contributed by atoms with E-state index in [1.807, 2.05) is 61.5 Å². The van der Waals surface area contributed by atoms with Crippen LogP contribution in [-0.2, 0) is 0 Å². The van der Waals surface area contributed by atoms with Gasteiger partial charge in [-0.1, -0.05) is 17.7 Å². The highest BCUT2D eigenvalue weighted by Gasteiger charge is 2.14. The van der Waals surface area contributed by atoms with Crippen LogP contribution in [-0.4, -0.2) is 12.1 Å². The third kappa shape index (κ3) is 3.16. The summed E-state index contributed by atoms with van der Waals surface area (Å²) in [6, 6.07) is 17.2. The summed E-state index contributed by atoms with van der Waals surface area (Å²) in [5, 5.41) is 12.3. The molecule has 5 nitrogen and oxygen atoms in total. The summed E-state index contributed by atoms with van der Waals surface area (Å²) in [5.74, 6) is 1.47. The molecular formula is C18H15N3O2. The van der Waals surface area contributed by atoms with Gasteiger partial charge in [-0.05, 0) is 43.3 Å². The number of benzene rings is 2. The number of ether oxygens (including phenoxy) is 1. The highest BCUT2D eigenvalue weighted by Crippen LogP contribution is 2.28. The van der Waals surface area contributed by atoms with Crippen molar-refractivity contribution in [3.05, 3.63) is 59.8 Å². The Hall–Kier alpha value is -3.26. The van der Waals surface area contributed by atoms with E-state index < -0.39 is 0 Å². The molecule has 3 rings (SSSR count). The Labute approximate surface area is 134 Å². The molecule has 0 bridgehead atoms. The van der Waals surface area contributed by atoms with Gasteiger partial charge in [-0.15, -0.1) is 0 Å². The van der Waals surface area contributed by atoms with Crippen molar-refractivity contribution in [2.24, 2.45) is 0 Å². The number of methoxy groups -OCH3 is 1. The van der Waals surface area contributed by atoms with Gasteiger partial charge in [0.25, 0.3) is 0 Å². The number of aryl methyl sites for hydroxylation is 1. The van der Waals surface area contributed by atoms with Gasteiger partial charge in [0.15, 0.2) is 0 Å². The van der Waals surface area contributed by atoms with Crippen LogP contribution < -0.4 is 10.1 Å². The number of hydrogen-bond acceptors (Lipinski definition) is 5. The molecule has 0 aliphatic heterocycles. The van der Waals surface area contributed by atoms with Crippen molar-refractivity contribution in [3.63, 3.8) is 0 Å². The third-order valence-electron chi connectivity index (χ3n) is 3.38. The topological polar surface area (TPSA) is 71.1 Å². The maximum absolute atomic E-state index is 9.25. The lowest BCUT2D eigenvalue weighted by atomic mass is 10.2. The first-order valence-corrected chi connectivity index (χ1v) is 7.08. The summed E-state index contributed by atoms with van der Waals surface area (Å²) in [6.45, 7) is 2.01. The van der Waals surface area contributed by atoms with Crippen LogP contribution in [0.5, 0.6) is 5.75 Å². The predicted octanol–water partition coefficient (Wildman–Crippen LogP) is 4.27. The Morgan fingerprint density at radius 1 is 1.09 bits per heavy atom. The average Bonchev–Trinajstić information content (AvgIpc) is 3.00. The fourth-order valence-electron chi connectivity index (χ4n) is 2.11. The molecule has 0 saturated heterocycles. The molecule has 3 aromatic rings. The largest absolute Gasteiger partial charge is 0.497 e. The second-order valence-corrected chi connectivity index (χ2v) is 5.03. The summed E-state index contributed by atoms with van der Waals surface area (Å²) in [5.41, 5.74) is 2.99. The molecule has 0 unspecified atom stereocenters. The molecule has 0 radical (unpaired) electrons. The van der Waals surface area contributed by atoms with Gasteiger partial charge in [0, 0.05) is 11.3 Å². The van der Waals surface area contributed by atoms with Crippen LogP contribution in [0.3, 0.4) is 0 Å². The highest BCUT2D eigenvalue weighted by molar-refractivity contribution is 5.64. The minimum Gasteiger partial charge on any atom is -0.497 e. The quantitative estimate of drug-likeness (QED) is 0.779. The number of aromatic nitrogens is 1. The van der Waals surface area contributed by atoms with Crippen LogP contribution in [0.1, 0.15) is 11.3 Å². The lowest BCUT2D eigenvalue weighted by molar-refractivity contribution is 0.415. The summed E-state index contributed by atoms with van der Waals surface area (Å²) < 4.78 is 10.8. The normalized spacial score (nSPS) is 10.1. The smallest absolute Gasteiger partial charge is 0.236 e. The number of nitrogens with one attached hydrogen (secondary N) is 1. The predicted molar refractivity (Wildman–Crippen MR) is 87.7 cm³/mol. The minimum atomic E-state index is 0.219. The Bertz CT molecular complexity index is 843. The summed E-state index contributed by atoms with van der Waals surface area (Å²) in [6.07, 6.45) is 0. The fourth-order valence-corrected chi connectivity index (χ4v) is 2.11. The number of oxazole rings is 1. The van der Waals surface area contributed by atoms with Crippen LogP contribution >= 0.6 is 0 Å². The van der Waals surface area contributed by atoms with Crippen LogP contribution in [0.4, 0.5) is 11.6 Å². The van der Waals surface area contributed by atoms with E-state index in [1.165, 1.54) is 0 Å². The first kappa shape index (κ1) is 14.7. The molecule has 23 heavy (non-hydrogen) atoms. The molecule has 0 aliphatic carbocycles. The van der Waals surface area contributed by atoms with Gasteiger partial charge in [-0.2, -0.15) is 10.2 Å². The van der Waals surface area contributed by atoms with Gasteiger partial charge in [0.1, 0.15) is 11.8 Å². The van der Waals surface area contributed by atoms with E-state index in [-0.39, 0.29) is 5.69 Å². The third-order valence-corrected chi connectivity index (χ3v) is 3.38. The SMILES string of the molecule is COc1ccc(-c2nc(C#N)c(Nc3ccc(C)cc3)o2)cc1. The lowest BCUT2D eigenvalue weighted by Gasteiger charge is -2.03. The van der Waals surface area contributed by atoms with Crippen LogP contribution in [0.2, 0.25) is 0 Å². The second-order valence-electron chi connectivity index (χ2n) is 5.03. The highest BCUT2D eigenvalue weighted by atomic mass is 16.5. The maximum atomic E-state index is 9.25. The first-order chi connectivity index (χ1) is 11.2. The van der Waals surface area contributed by atoms with E-state index in [1.54, 1.807) is 7.11 Å². The van der Waals surface area contributed by atoms with Gasteiger partial charge < -0.3 is 14.5 Å². The minimum absolute atomic E-state index is 0.219. The Morgan fingerprint density at radius 2 is 1.78 bits per heavy atom. The molecule has 0 aliphatic rings. The van der Waals surface area contributed by atoms with E-state index in [4.69, 9.17) is 9.15 Å². The average molecular weight is 305 g/mol. The molecule has 0 fully saturated rings. The van der Waals surface area contributed by atoms with Gasteiger partial charge in [-0.25, -0.2) is 0 Å². The van der Waals surface area contributed by atoms with Crippen LogP contribution in [0.15, 0.2) is 52.9 Å². The Kier molecular flexibility index (Phi) is 3.98. The molecule has 1 heterocycles. The molecule has 114 valence electrons. The molecule has 1 N–H and O–H groups in total. The number of rotatable bonds is 4. The van der Waals surface area contributed by atoms with Crippen LogP contribution in [0.25, 0.3) is 11.5 Å². The van der Waals surface area contributed by atoms with Crippen molar-refractivity contribution in [2.75, 3.05) is 12.4 Å². The lowest BCUT2D eigenvalue weighted by Crippen LogP contribution is -1.90. The molecule has 5 heteroatoms. The van der Waals surface area contributed by atoms with Crippen molar-refractivity contribution in [1.29, 1.82) is 5.26 Å². The first-order valence-electron chi connectivity index (χ1n) is 7.08. The molecule has 0 saturated carbocycles. The van der Waals surface area contributed by atoms with Gasteiger partial charge in [0.2, 0.25) is 17.5 Å². The van der Waals surface area contributed by atoms with Crippen molar-refractivity contribution in [1.82, 2.24) is 4.98 Å². The van der Waals surface area contributed by atoms with E-state index >= 15 is 0 Å². The zero-order valence-electron chi connectivity index (χ0n) is 12.8. The fraction of sp³-hybridized carbons (Fsp3) is 0.111. The van der Waals surface area contributed by atoms with Crippen LogP contribution in [0, 0.1) is 18.3 Å². The van der Waals surface area contributed by atoms with E-state index in [0.717, 1.165) is 22.6 Å². The monoisotopic (exact) mass is 305 g/mol. The number of anilines is 2. The number of nitrogens with zero attached hydrogens (tertiary/aromatic N) is 2. The second kappa shape index (κ2) is 6.24. The van der Waals surface area contributed by atoms with Gasteiger partial charge in [0.05, 0.1) is 7.11 Å². The molecule has 1 aromatic heterocycles. The van der Waals surface area contributed by atoms with Gasteiger partial charge in [-0.3, -0.25) is 0 Å². The maximum Gasteiger partial charge on any atom is 0.236 e. The van der Waals surface area contributed by atoms with Crippen molar-refractivity contribution < 1.29 is 9.15 Å². The zero-order valence-corrected chi connectivity index (χ0v) is 12.8. The Balaban J connectivity index is 1.90. The number of hydrogen-bond donors (Lipinski definition) is 1. The standard InChI is InChI=1S/C18H15N3O2/c1-12-3-7-14(8-4-12)20-18-16(11-19)21-17(23-18)13-5-9-15(22-2)10-6-13/h3-10,20H,1-2H3. The Morgan fingerprint density at radius 3 is 2.39 bits per heavy atom. The molecule has 0 amide bonds. The summed E-state index contributed by atoms with van der Waals surface area (Å²) in [7, 11) is 1.61. The molecule has 0 atom stereocenters. The zero-order chi connectivity index (χ0) is 16.2. The van der Waals surface area contributed by atoms with E-state index in [9.17, 15) is 5.26 Å². The van der Waals surface area contributed by atoms with Crippen molar-refractivity contribution >= 4 is 11.6 Å². The molecule has 2 aromatic carbocycles. The number of nitriles is 1. The van der Waals surface area contributed by atoms with Crippen molar-refractivity contribution in [3.8, 4) is 23.3 Å². The summed E-state index contributed by atoms with van der Waals surface area (Å²) in [4.78, 5) is 4.24. The van der Waals surface area contributed by atoms with Gasteiger partial charge >= 0.3 is 0 Å². The molecule has 0 spiro atoms. The van der Waals surface area contributed by atoms with E-state index in [2.05, 4.69) is 10.3 Å². The summed E-state index contributed by atoms with van der Waals surface area (Å²) >= 11 is 0.